The summed E-state index contributed by atoms with van der Waals surface area (Å²) in [6, 6.07) is 8.30. The Bertz CT molecular complexity index is 591. The molecule has 1 fully saturated rings. The molecular formula is C16H21N3O2. The van der Waals surface area contributed by atoms with Gasteiger partial charge in [0.25, 0.3) is 0 Å². The zero-order valence-corrected chi connectivity index (χ0v) is 12.2. The summed E-state index contributed by atoms with van der Waals surface area (Å²) in [6.07, 6.45) is 2.30. The van der Waals surface area contributed by atoms with Crippen molar-refractivity contribution in [2.75, 3.05) is 6.54 Å². The fraction of sp³-hybridized carbons (Fsp3) is 0.500. The van der Waals surface area contributed by atoms with Gasteiger partial charge in [0.1, 0.15) is 5.41 Å². The summed E-state index contributed by atoms with van der Waals surface area (Å²) in [4.78, 5) is 12.5. The Labute approximate surface area is 124 Å². The number of hydrogen-bond acceptors (Lipinski definition) is 3. The number of amidine groups is 1. The molecule has 0 radical (unpaired) electrons. The summed E-state index contributed by atoms with van der Waals surface area (Å²) in [5.41, 5.74) is 7.62. The highest BCUT2D eigenvalue weighted by molar-refractivity contribution is 6.07. The lowest BCUT2D eigenvalue weighted by Crippen LogP contribution is -2.57. The average molecular weight is 287 g/mol. The van der Waals surface area contributed by atoms with E-state index in [-0.39, 0.29) is 11.7 Å². The van der Waals surface area contributed by atoms with Crippen LogP contribution in [0.2, 0.25) is 0 Å². The van der Waals surface area contributed by atoms with Gasteiger partial charge in [-0.3, -0.25) is 4.79 Å². The Morgan fingerprint density at radius 1 is 1.48 bits per heavy atom. The molecule has 0 aromatic heterocycles. The summed E-state index contributed by atoms with van der Waals surface area (Å²) >= 11 is 0. The van der Waals surface area contributed by atoms with E-state index in [9.17, 15) is 4.79 Å². The number of carbonyl (C=O) groups excluding carboxylic acids is 1. The molecule has 112 valence electrons. The van der Waals surface area contributed by atoms with Crippen LogP contribution in [-0.4, -0.2) is 23.5 Å². The maximum Gasteiger partial charge on any atom is 0.233 e. The van der Waals surface area contributed by atoms with Crippen LogP contribution in [0.25, 0.3) is 0 Å². The molecule has 5 nitrogen and oxygen atoms in total. The fourth-order valence-electron chi connectivity index (χ4n) is 3.67. The van der Waals surface area contributed by atoms with E-state index in [2.05, 4.69) is 29.5 Å². The predicted molar refractivity (Wildman–Crippen MR) is 80.1 cm³/mol. The zero-order chi connectivity index (χ0) is 15.0. The molecule has 21 heavy (non-hydrogen) atoms. The quantitative estimate of drug-likeness (QED) is 0.340. The molecule has 1 aromatic rings. The lowest BCUT2D eigenvalue weighted by molar-refractivity contribution is -0.133. The SMILES string of the molecule is CC1CC(C(=O)NCC2Cc3ccccc32)(/C(N)=N/O)C1. The third-order valence-electron chi connectivity index (χ3n) is 4.90. The van der Waals surface area contributed by atoms with Crippen LogP contribution in [0.5, 0.6) is 0 Å². The molecule has 2 aliphatic carbocycles. The van der Waals surface area contributed by atoms with Crippen molar-refractivity contribution in [1.82, 2.24) is 5.32 Å². The second kappa shape index (κ2) is 5.06. The summed E-state index contributed by atoms with van der Waals surface area (Å²) in [7, 11) is 0. The normalized spacial score (nSPS) is 30.8. The van der Waals surface area contributed by atoms with Crippen molar-refractivity contribution in [2.45, 2.75) is 32.1 Å². The monoisotopic (exact) mass is 287 g/mol. The van der Waals surface area contributed by atoms with Gasteiger partial charge >= 0.3 is 0 Å². The summed E-state index contributed by atoms with van der Waals surface area (Å²) in [5.74, 6) is 0.736. The third-order valence-corrected chi connectivity index (χ3v) is 4.90. The number of fused-ring (bicyclic) bond motifs is 1. The summed E-state index contributed by atoms with van der Waals surface area (Å²) in [6.45, 7) is 2.68. The molecule has 0 spiro atoms. The van der Waals surface area contributed by atoms with Gasteiger partial charge in [-0.25, -0.2) is 0 Å². The van der Waals surface area contributed by atoms with E-state index in [0.29, 0.717) is 31.2 Å². The van der Waals surface area contributed by atoms with Crippen molar-refractivity contribution in [3.63, 3.8) is 0 Å². The van der Waals surface area contributed by atoms with Crippen LogP contribution < -0.4 is 11.1 Å². The highest BCUT2D eigenvalue weighted by atomic mass is 16.4. The molecule has 2 aliphatic rings. The number of nitrogens with two attached hydrogens (primary N) is 1. The lowest BCUT2D eigenvalue weighted by atomic mass is 9.61. The van der Waals surface area contributed by atoms with Crippen molar-refractivity contribution in [2.24, 2.45) is 22.2 Å². The molecule has 0 aliphatic heterocycles. The molecule has 1 atom stereocenters. The molecule has 1 unspecified atom stereocenters. The van der Waals surface area contributed by atoms with Gasteiger partial charge in [-0.2, -0.15) is 0 Å². The maximum atomic E-state index is 12.5. The average Bonchev–Trinajstić information content (AvgIpc) is 2.43. The maximum absolute atomic E-state index is 12.5. The predicted octanol–water partition coefficient (Wildman–Crippen LogP) is 1.61. The number of amides is 1. The van der Waals surface area contributed by atoms with Gasteiger partial charge in [-0.15, -0.1) is 0 Å². The standard InChI is InChI=1S/C16H21N3O2/c1-10-7-16(8-10,14(17)19-21)15(20)18-9-12-6-11-4-2-3-5-13(11)12/h2-5,10,12,21H,6-9H2,1H3,(H2,17,19)(H,18,20). The second-order valence-corrected chi connectivity index (χ2v) is 6.39. The largest absolute Gasteiger partial charge is 0.409 e. The van der Waals surface area contributed by atoms with Crippen LogP contribution in [0.1, 0.15) is 36.8 Å². The lowest BCUT2D eigenvalue weighted by Gasteiger charge is -2.44. The number of hydrogen-bond donors (Lipinski definition) is 3. The molecule has 1 aromatic carbocycles. The van der Waals surface area contributed by atoms with Crippen molar-refractivity contribution in [1.29, 1.82) is 0 Å². The van der Waals surface area contributed by atoms with Crippen molar-refractivity contribution < 1.29 is 10.0 Å². The minimum atomic E-state index is -0.808. The van der Waals surface area contributed by atoms with Gasteiger partial charge in [0.2, 0.25) is 5.91 Å². The van der Waals surface area contributed by atoms with Crippen molar-refractivity contribution in [3.05, 3.63) is 35.4 Å². The van der Waals surface area contributed by atoms with Crippen molar-refractivity contribution in [3.8, 4) is 0 Å². The van der Waals surface area contributed by atoms with E-state index >= 15 is 0 Å². The van der Waals surface area contributed by atoms with Crippen LogP contribution >= 0.6 is 0 Å². The first-order valence-corrected chi connectivity index (χ1v) is 7.41. The van der Waals surface area contributed by atoms with E-state index in [1.165, 1.54) is 11.1 Å². The van der Waals surface area contributed by atoms with Gasteiger partial charge in [-0.05, 0) is 36.3 Å². The van der Waals surface area contributed by atoms with Crippen LogP contribution in [-0.2, 0) is 11.2 Å². The molecule has 0 bridgehead atoms. The minimum Gasteiger partial charge on any atom is -0.409 e. The van der Waals surface area contributed by atoms with Gasteiger partial charge < -0.3 is 16.3 Å². The molecule has 0 heterocycles. The summed E-state index contributed by atoms with van der Waals surface area (Å²) in [5, 5.41) is 15.0. The van der Waals surface area contributed by atoms with Gasteiger partial charge in [-0.1, -0.05) is 36.3 Å². The molecule has 1 amide bonds. The Morgan fingerprint density at radius 3 is 2.81 bits per heavy atom. The first-order valence-electron chi connectivity index (χ1n) is 7.41. The van der Waals surface area contributed by atoms with E-state index in [0.717, 1.165) is 6.42 Å². The van der Waals surface area contributed by atoms with E-state index < -0.39 is 5.41 Å². The number of nitrogens with zero attached hydrogens (tertiary/aromatic N) is 1. The van der Waals surface area contributed by atoms with E-state index in [1.54, 1.807) is 0 Å². The smallest absolute Gasteiger partial charge is 0.233 e. The number of benzene rings is 1. The van der Waals surface area contributed by atoms with Crippen LogP contribution in [0.15, 0.2) is 29.4 Å². The molecule has 3 rings (SSSR count). The first kappa shape index (κ1) is 13.9. The molecule has 1 saturated carbocycles. The molecule has 5 heteroatoms. The summed E-state index contributed by atoms with van der Waals surface area (Å²) < 4.78 is 0. The van der Waals surface area contributed by atoms with Gasteiger partial charge in [0.15, 0.2) is 5.84 Å². The first-order chi connectivity index (χ1) is 10.1. The Balaban J connectivity index is 1.62. The Hall–Kier alpha value is -2.04. The minimum absolute atomic E-state index is 0.0344. The Kier molecular flexibility index (Phi) is 3.35. The topological polar surface area (TPSA) is 87.7 Å². The highest BCUT2D eigenvalue weighted by Crippen LogP contribution is 2.46. The Morgan fingerprint density at radius 2 is 2.19 bits per heavy atom. The second-order valence-electron chi connectivity index (χ2n) is 6.39. The molecule has 4 N–H and O–H groups in total. The fourth-order valence-corrected chi connectivity index (χ4v) is 3.67. The van der Waals surface area contributed by atoms with E-state index in [4.69, 9.17) is 10.9 Å². The van der Waals surface area contributed by atoms with Gasteiger partial charge in [0.05, 0.1) is 0 Å². The highest BCUT2D eigenvalue weighted by Gasteiger charge is 2.52. The number of rotatable bonds is 4. The van der Waals surface area contributed by atoms with E-state index in [1.807, 2.05) is 12.1 Å². The third kappa shape index (κ3) is 2.17. The number of nitrogens with one attached hydrogen (secondary N) is 1. The van der Waals surface area contributed by atoms with Crippen LogP contribution in [0.3, 0.4) is 0 Å². The molecular weight excluding hydrogens is 266 g/mol. The molecule has 0 saturated heterocycles. The number of oxime groups is 1. The van der Waals surface area contributed by atoms with Crippen LogP contribution in [0.4, 0.5) is 0 Å². The van der Waals surface area contributed by atoms with Gasteiger partial charge in [0, 0.05) is 12.5 Å². The zero-order valence-electron chi connectivity index (χ0n) is 12.2. The van der Waals surface area contributed by atoms with Crippen molar-refractivity contribution >= 4 is 11.7 Å². The van der Waals surface area contributed by atoms with Crippen LogP contribution in [0, 0.1) is 11.3 Å². The number of carbonyl (C=O) groups is 1.